The van der Waals surface area contributed by atoms with Crippen molar-refractivity contribution < 1.29 is 18.4 Å². The lowest BCUT2D eigenvalue weighted by Gasteiger charge is -2.39. The Hall–Kier alpha value is -2.85. The zero-order chi connectivity index (χ0) is 20.7. The SMILES string of the molecule is CCc1nc2n(n1)C(=O)C([C@H](c1ccco1)N1CCN(C(=O)c3ccco3)CC1)S2. The molecule has 2 atom stereocenters. The molecule has 5 heterocycles. The van der Waals surface area contributed by atoms with Crippen molar-refractivity contribution in [1.82, 2.24) is 24.6 Å². The first kappa shape index (κ1) is 19.1. The summed E-state index contributed by atoms with van der Waals surface area (Å²) in [7, 11) is 0. The van der Waals surface area contributed by atoms with Crippen LogP contribution in [0.15, 0.2) is 50.8 Å². The van der Waals surface area contributed by atoms with Gasteiger partial charge in [-0.05, 0) is 24.3 Å². The van der Waals surface area contributed by atoms with E-state index in [1.54, 1.807) is 23.3 Å². The van der Waals surface area contributed by atoms with Crippen LogP contribution in [0, 0.1) is 0 Å². The molecule has 156 valence electrons. The van der Waals surface area contributed by atoms with Crippen molar-refractivity contribution in [3.63, 3.8) is 0 Å². The molecule has 2 aliphatic rings. The molecule has 0 bridgehead atoms. The van der Waals surface area contributed by atoms with Crippen molar-refractivity contribution in [2.75, 3.05) is 26.2 Å². The maximum Gasteiger partial charge on any atom is 0.289 e. The second-order valence-electron chi connectivity index (χ2n) is 7.22. The van der Waals surface area contributed by atoms with Gasteiger partial charge in [0.2, 0.25) is 0 Å². The van der Waals surface area contributed by atoms with Crippen LogP contribution in [0.3, 0.4) is 0 Å². The number of carbonyl (C=O) groups excluding carboxylic acids is 2. The van der Waals surface area contributed by atoms with Crippen molar-refractivity contribution >= 4 is 23.6 Å². The minimum Gasteiger partial charge on any atom is -0.468 e. The van der Waals surface area contributed by atoms with Crippen molar-refractivity contribution in [2.45, 2.75) is 29.8 Å². The lowest BCUT2D eigenvalue weighted by Crippen LogP contribution is -2.51. The van der Waals surface area contributed by atoms with Gasteiger partial charge in [-0.3, -0.25) is 14.5 Å². The molecule has 0 N–H and O–H groups in total. The Labute approximate surface area is 177 Å². The zero-order valence-corrected chi connectivity index (χ0v) is 17.2. The van der Waals surface area contributed by atoms with Crippen LogP contribution in [0.2, 0.25) is 0 Å². The number of rotatable bonds is 5. The van der Waals surface area contributed by atoms with Crippen molar-refractivity contribution in [1.29, 1.82) is 0 Å². The predicted molar refractivity (Wildman–Crippen MR) is 107 cm³/mol. The Bertz CT molecular complexity index is 1040. The number of carbonyl (C=O) groups is 2. The summed E-state index contributed by atoms with van der Waals surface area (Å²) in [6.45, 7) is 4.30. The standard InChI is InChI=1S/C20H21N5O4S/c1-2-15-21-20-25(22-15)19(27)17(30-20)16(13-5-3-11-28-13)23-7-9-24(10-8-23)18(26)14-6-4-12-29-14/h3-6,11-12,16-17H,2,7-10H2,1H3/t16-,17?/m0/s1. The first-order valence-corrected chi connectivity index (χ1v) is 10.8. The molecule has 10 heteroatoms. The van der Waals surface area contributed by atoms with E-state index in [4.69, 9.17) is 8.83 Å². The molecule has 0 saturated carbocycles. The van der Waals surface area contributed by atoms with E-state index in [0.717, 1.165) is 5.76 Å². The Morgan fingerprint density at radius 1 is 1.20 bits per heavy atom. The summed E-state index contributed by atoms with van der Waals surface area (Å²) in [4.78, 5) is 34.1. The molecule has 30 heavy (non-hydrogen) atoms. The number of hydrogen-bond acceptors (Lipinski definition) is 8. The molecule has 1 amide bonds. The number of furan rings is 2. The molecule has 0 radical (unpaired) electrons. The highest BCUT2D eigenvalue weighted by Crippen LogP contribution is 2.41. The molecule has 2 aliphatic heterocycles. The maximum absolute atomic E-state index is 13.1. The molecule has 0 aliphatic carbocycles. The summed E-state index contributed by atoms with van der Waals surface area (Å²) >= 11 is 1.43. The van der Waals surface area contributed by atoms with E-state index in [9.17, 15) is 9.59 Å². The van der Waals surface area contributed by atoms with Gasteiger partial charge >= 0.3 is 0 Å². The molecule has 0 spiro atoms. The van der Waals surface area contributed by atoms with Gasteiger partial charge in [0.1, 0.15) is 11.0 Å². The molecule has 1 saturated heterocycles. The zero-order valence-electron chi connectivity index (χ0n) is 16.4. The van der Waals surface area contributed by atoms with Crippen molar-refractivity contribution in [2.24, 2.45) is 0 Å². The Morgan fingerprint density at radius 3 is 2.60 bits per heavy atom. The summed E-state index contributed by atoms with van der Waals surface area (Å²) in [6, 6.07) is 6.85. The van der Waals surface area contributed by atoms with Crippen LogP contribution in [0.1, 0.15) is 39.9 Å². The lowest BCUT2D eigenvalue weighted by atomic mass is 10.1. The monoisotopic (exact) mass is 427 g/mol. The molecule has 3 aromatic heterocycles. The van der Waals surface area contributed by atoms with E-state index >= 15 is 0 Å². The van der Waals surface area contributed by atoms with Gasteiger partial charge < -0.3 is 13.7 Å². The normalized spacial score (nSPS) is 20.5. The second kappa shape index (κ2) is 7.77. The number of nitrogens with zero attached hydrogens (tertiary/aromatic N) is 5. The van der Waals surface area contributed by atoms with Gasteiger partial charge in [-0.25, -0.2) is 4.98 Å². The number of aryl methyl sites for hydroxylation is 1. The molecule has 1 unspecified atom stereocenters. The molecular formula is C20H21N5O4S. The third-order valence-electron chi connectivity index (χ3n) is 5.47. The number of fused-ring (bicyclic) bond motifs is 1. The number of piperazine rings is 1. The summed E-state index contributed by atoms with van der Waals surface area (Å²) in [5, 5.41) is 4.57. The molecular weight excluding hydrogens is 406 g/mol. The summed E-state index contributed by atoms with van der Waals surface area (Å²) < 4.78 is 12.4. The first-order chi connectivity index (χ1) is 14.7. The first-order valence-electron chi connectivity index (χ1n) is 9.92. The molecule has 1 fully saturated rings. The fraction of sp³-hybridized carbons (Fsp3) is 0.400. The third kappa shape index (κ3) is 3.25. The third-order valence-corrected chi connectivity index (χ3v) is 6.66. The van der Waals surface area contributed by atoms with Crippen LogP contribution in [0.4, 0.5) is 0 Å². The highest BCUT2D eigenvalue weighted by Gasteiger charge is 2.45. The predicted octanol–water partition coefficient (Wildman–Crippen LogP) is 2.34. The number of hydrogen-bond donors (Lipinski definition) is 0. The van der Waals surface area contributed by atoms with E-state index in [1.807, 2.05) is 19.1 Å². The minimum atomic E-state index is -0.399. The second-order valence-corrected chi connectivity index (χ2v) is 8.33. The van der Waals surface area contributed by atoms with Crippen LogP contribution in [-0.4, -0.2) is 67.8 Å². The maximum atomic E-state index is 13.1. The van der Waals surface area contributed by atoms with E-state index < -0.39 is 5.25 Å². The van der Waals surface area contributed by atoms with Gasteiger partial charge in [-0.15, -0.1) is 5.10 Å². The average molecular weight is 427 g/mol. The summed E-state index contributed by atoms with van der Waals surface area (Å²) in [5.41, 5.74) is 0. The van der Waals surface area contributed by atoms with Crippen LogP contribution >= 0.6 is 11.8 Å². The Morgan fingerprint density at radius 2 is 1.97 bits per heavy atom. The highest BCUT2D eigenvalue weighted by molar-refractivity contribution is 8.00. The largest absolute Gasteiger partial charge is 0.468 e. The van der Waals surface area contributed by atoms with Crippen LogP contribution in [-0.2, 0) is 6.42 Å². The van der Waals surface area contributed by atoms with Crippen LogP contribution in [0.5, 0.6) is 0 Å². The lowest BCUT2D eigenvalue weighted by molar-refractivity contribution is 0.0492. The molecule has 3 aromatic rings. The molecule has 9 nitrogen and oxygen atoms in total. The Balaban J connectivity index is 1.34. The van der Waals surface area contributed by atoms with Gasteiger partial charge in [-0.1, -0.05) is 18.7 Å². The highest BCUT2D eigenvalue weighted by atomic mass is 32.2. The van der Waals surface area contributed by atoms with Gasteiger partial charge in [0.15, 0.2) is 16.7 Å². The summed E-state index contributed by atoms with van der Waals surface area (Å²) in [5.74, 6) is 1.54. The van der Waals surface area contributed by atoms with E-state index in [2.05, 4.69) is 15.0 Å². The summed E-state index contributed by atoms with van der Waals surface area (Å²) in [6.07, 6.45) is 3.81. The van der Waals surface area contributed by atoms with E-state index in [-0.39, 0.29) is 17.9 Å². The fourth-order valence-corrected chi connectivity index (χ4v) is 5.18. The minimum absolute atomic E-state index is 0.0855. The van der Waals surface area contributed by atoms with Gasteiger partial charge in [0.25, 0.3) is 11.8 Å². The topological polar surface area (TPSA) is 97.6 Å². The van der Waals surface area contributed by atoms with Crippen LogP contribution in [0.25, 0.3) is 0 Å². The van der Waals surface area contributed by atoms with E-state index in [1.165, 1.54) is 22.7 Å². The van der Waals surface area contributed by atoms with E-state index in [0.29, 0.717) is 49.3 Å². The average Bonchev–Trinajstić information content (AvgIpc) is 3.56. The van der Waals surface area contributed by atoms with Gasteiger partial charge in [0, 0.05) is 32.6 Å². The van der Waals surface area contributed by atoms with Gasteiger partial charge in [-0.2, -0.15) is 4.68 Å². The Kier molecular flexibility index (Phi) is 4.95. The quantitative estimate of drug-likeness (QED) is 0.612. The number of amides is 1. The van der Waals surface area contributed by atoms with Crippen molar-refractivity contribution in [3.8, 4) is 0 Å². The smallest absolute Gasteiger partial charge is 0.289 e. The van der Waals surface area contributed by atoms with Crippen molar-refractivity contribution in [3.05, 3.63) is 54.1 Å². The molecule has 5 rings (SSSR count). The molecule has 0 aromatic carbocycles. The number of thioether (sulfide) groups is 1. The number of aromatic nitrogens is 3. The van der Waals surface area contributed by atoms with Crippen LogP contribution < -0.4 is 0 Å². The van der Waals surface area contributed by atoms with Gasteiger partial charge in [0.05, 0.1) is 18.6 Å². The fourth-order valence-electron chi connectivity index (χ4n) is 3.93.